The Kier molecular flexibility index (Phi) is 12.6. The molecular weight excluding hydrogens is 497 g/mol. The first kappa shape index (κ1) is 28.0. The number of unbranched alkanes of at least 4 members (excludes halogenated alkanes) is 8. The second kappa shape index (κ2) is 14.9. The minimum atomic E-state index is -1.77. The summed E-state index contributed by atoms with van der Waals surface area (Å²) in [6, 6.07) is 13.8. The van der Waals surface area contributed by atoms with Crippen molar-refractivity contribution >= 4 is 74.5 Å². The molecule has 33 heavy (non-hydrogen) atoms. The molecule has 2 aromatic rings. The molecule has 0 fully saturated rings. The van der Waals surface area contributed by atoms with Crippen molar-refractivity contribution in [3.63, 3.8) is 0 Å². The van der Waals surface area contributed by atoms with Crippen LogP contribution in [-0.2, 0) is 4.79 Å². The van der Waals surface area contributed by atoms with Gasteiger partial charge in [-0.15, -0.1) is 0 Å². The number of halogens is 3. The number of carbonyl (C=O) groups excluding carboxylic acids is 1. The summed E-state index contributed by atoms with van der Waals surface area (Å²) in [7, 11) is 0. The van der Waals surface area contributed by atoms with E-state index in [-0.39, 0.29) is 11.0 Å². The molecule has 2 aromatic carbocycles. The normalized spacial score (nSPS) is 12.4. The van der Waals surface area contributed by atoms with Gasteiger partial charge in [-0.3, -0.25) is 4.79 Å². The SMILES string of the molecule is CCCCCCCCCCCC(=O)NC(NC(=S)Nc1cccc2ccccc12)C(Cl)(Cl)Cl. The van der Waals surface area contributed by atoms with E-state index in [9.17, 15) is 4.79 Å². The van der Waals surface area contributed by atoms with Crippen LogP contribution in [-0.4, -0.2) is 21.0 Å². The molecule has 3 N–H and O–H groups in total. The Morgan fingerprint density at radius 2 is 1.48 bits per heavy atom. The number of benzene rings is 2. The van der Waals surface area contributed by atoms with Crippen LogP contribution in [0.5, 0.6) is 0 Å². The number of anilines is 1. The molecule has 0 heterocycles. The molecule has 2 rings (SSSR count). The van der Waals surface area contributed by atoms with Gasteiger partial charge in [0.1, 0.15) is 6.17 Å². The van der Waals surface area contributed by atoms with Crippen LogP contribution in [0.1, 0.15) is 71.1 Å². The molecule has 0 aliphatic carbocycles. The number of hydrogen-bond donors (Lipinski definition) is 3. The smallest absolute Gasteiger partial charge is 0.228 e. The van der Waals surface area contributed by atoms with Crippen LogP contribution in [0.15, 0.2) is 42.5 Å². The predicted octanol–water partition coefficient (Wildman–Crippen LogP) is 7.86. The number of amides is 1. The number of carbonyl (C=O) groups is 1. The summed E-state index contributed by atoms with van der Waals surface area (Å²) in [5.74, 6) is -0.172. The molecule has 1 amide bonds. The molecular formula is C25H34Cl3N3OS. The first-order valence-corrected chi connectivity index (χ1v) is 13.3. The zero-order valence-corrected chi connectivity index (χ0v) is 22.2. The third-order valence-corrected chi connectivity index (χ3v) is 6.33. The van der Waals surface area contributed by atoms with Gasteiger partial charge in [0.25, 0.3) is 0 Å². The van der Waals surface area contributed by atoms with Gasteiger partial charge in [0.05, 0.1) is 0 Å². The lowest BCUT2D eigenvalue weighted by Crippen LogP contribution is -2.56. The molecule has 0 aliphatic rings. The monoisotopic (exact) mass is 529 g/mol. The Bertz CT molecular complexity index is 883. The van der Waals surface area contributed by atoms with Gasteiger partial charge in [0.15, 0.2) is 5.11 Å². The summed E-state index contributed by atoms with van der Waals surface area (Å²) in [4.78, 5) is 12.4. The number of hydrogen-bond acceptors (Lipinski definition) is 2. The lowest BCUT2D eigenvalue weighted by Gasteiger charge is -2.28. The molecule has 182 valence electrons. The van der Waals surface area contributed by atoms with Crippen LogP contribution < -0.4 is 16.0 Å². The highest BCUT2D eigenvalue weighted by Crippen LogP contribution is 2.29. The summed E-state index contributed by atoms with van der Waals surface area (Å²) in [5.41, 5.74) is 0.828. The maximum Gasteiger partial charge on any atom is 0.228 e. The molecule has 4 nitrogen and oxygen atoms in total. The standard InChI is InChI=1S/C25H34Cl3N3OS/c1-2-3-4-5-6-7-8-9-10-18-22(32)30-23(25(26,27)28)31-24(33)29-21-17-13-15-19-14-11-12-16-20(19)21/h11-17,23H,2-10,18H2,1H3,(H,30,32)(H2,29,31,33). The van der Waals surface area contributed by atoms with Crippen molar-refractivity contribution in [2.24, 2.45) is 0 Å². The van der Waals surface area contributed by atoms with Crippen molar-refractivity contribution in [1.29, 1.82) is 0 Å². The Morgan fingerprint density at radius 1 is 0.879 bits per heavy atom. The summed E-state index contributed by atoms with van der Waals surface area (Å²) < 4.78 is -1.77. The van der Waals surface area contributed by atoms with E-state index in [1.165, 1.54) is 38.5 Å². The highest BCUT2D eigenvalue weighted by Gasteiger charge is 2.34. The number of nitrogens with one attached hydrogen (secondary N) is 3. The highest BCUT2D eigenvalue weighted by atomic mass is 35.6. The number of alkyl halides is 3. The van der Waals surface area contributed by atoms with Gasteiger partial charge in [-0.05, 0) is 30.1 Å². The summed E-state index contributed by atoms with van der Waals surface area (Å²) >= 11 is 23.7. The molecule has 0 spiro atoms. The fraction of sp³-hybridized carbons (Fsp3) is 0.520. The number of rotatable bonds is 13. The van der Waals surface area contributed by atoms with Crippen molar-refractivity contribution in [2.75, 3.05) is 5.32 Å². The Morgan fingerprint density at radius 3 is 2.15 bits per heavy atom. The highest BCUT2D eigenvalue weighted by molar-refractivity contribution is 7.80. The van der Waals surface area contributed by atoms with Gasteiger partial charge >= 0.3 is 0 Å². The molecule has 1 atom stereocenters. The van der Waals surface area contributed by atoms with Gasteiger partial charge < -0.3 is 16.0 Å². The van der Waals surface area contributed by atoms with E-state index in [2.05, 4.69) is 22.9 Å². The fourth-order valence-electron chi connectivity index (χ4n) is 3.65. The Hall–Kier alpha value is -1.27. The van der Waals surface area contributed by atoms with Gasteiger partial charge in [-0.2, -0.15) is 0 Å². The quantitative estimate of drug-likeness (QED) is 0.107. The molecule has 0 bridgehead atoms. The minimum Gasteiger partial charge on any atom is -0.339 e. The average Bonchev–Trinajstić information content (AvgIpc) is 2.77. The molecule has 0 aromatic heterocycles. The number of thiocarbonyl (C=S) groups is 1. The summed E-state index contributed by atoms with van der Waals surface area (Å²) in [5, 5.41) is 11.2. The van der Waals surface area contributed by atoms with Crippen molar-refractivity contribution in [1.82, 2.24) is 10.6 Å². The van der Waals surface area contributed by atoms with Crippen molar-refractivity contribution in [3.05, 3.63) is 42.5 Å². The van der Waals surface area contributed by atoms with Crippen LogP contribution in [0.2, 0.25) is 0 Å². The fourth-order valence-corrected chi connectivity index (χ4v) is 4.21. The molecule has 0 saturated carbocycles. The largest absolute Gasteiger partial charge is 0.339 e. The third kappa shape index (κ3) is 10.7. The molecule has 0 radical (unpaired) electrons. The second-order valence-corrected chi connectivity index (χ2v) is 11.0. The van der Waals surface area contributed by atoms with Gasteiger partial charge in [0, 0.05) is 17.5 Å². The minimum absolute atomic E-state index is 0.172. The van der Waals surface area contributed by atoms with E-state index in [0.29, 0.717) is 6.42 Å². The zero-order valence-electron chi connectivity index (χ0n) is 19.1. The first-order chi connectivity index (χ1) is 15.8. The van der Waals surface area contributed by atoms with Crippen molar-refractivity contribution in [3.8, 4) is 0 Å². The Labute approximate surface area is 218 Å². The van der Waals surface area contributed by atoms with Crippen LogP contribution >= 0.6 is 47.0 Å². The maximum atomic E-state index is 12.4. The average molecular weight is 531 g/mol. The van der Waals surface area contributed by atoms with Crippen molar-refractivity contribution < 1.29 is 4.79 Å². The first-order valence-electron chi connectivity index (χ1n) is 11.7. The van der Waals surface area contributed by atoms with Gasteiger partial charge in [-0.1, -0.05) is 129 Å². The number of fused-ring (bicyclic) bond motifs is 1. The Balaban J connectivity index is 1.78. The molecule has 0 saturated heterocycles. The molecule has 1 unspecified atom stereocenters. The van der Waals surface area contributed by atoms with E-state index >= 15 is 0 Å². The maximum absolute atomic E-state index is 12.4. The van der Waals surface area contributed by atoms with Gasteiger partial charge in [-0.25, -0.2) is 0 Å². The van der Waals surface area contributed by atoms with E-state index in [1.54, 1.807) is 0 Å². The van der Waals surface area contributed by atoms with Crippen LogP contribution in [0.4, 0.5) is 5.69 Å². The summed E-state index contributed by atoms with van der Waals surface area (Å²) in [6.45, 7) is 2.23. The predicted molar refractivity (Wildman–Crippen MR) is 147 cm³/mol. The molecule has 8 heteroatoms. The van der Waals surface area contributed by atoms with E-state index in [4.69, 9.17) is 47.0 Å². The lowest BCUT2D eigenvalue weighted by atomic mass is 10.1. The topological polar surface area (TPSA) is 53.2 Å². The zero-order chi connectivity index (χ0) is 24.1. The van der Waals surface area contributed by atoms with E-state index in [0.717, 1.165) is 35.7 Å². The second-order valence-electron chi connectivity index (χ2n) is 8.25. The van der Waals surface area contributed by atoms with E-state index < -0.39 is 9.96 Å². The molecule has 0 aliphatic heterocycles. The van der Waals surface area contributed by atoms with Crippen LogP contribution in [0.3, 0.4) is 0 Å². The third-order valence-electron chi connectivity index (χ3n) is 5.45. The summed E-state index contributed by atoms with van der Waals surface area (Å²) in [6.07, 6.45) is 10.1. The van der Waals surface area contributed by atoms with Crippen molar-refractivity contribution in [2.45, 2.75) is 81.1 Å². The lowest BCUT2D eigenvalue weighted by molar-refractivity contribution is -0.122. The van der Waals surface area contributed by atoms with Crippen LogP contribution in [0, 0.1) is 0 Å². The van der Waals surface area contributed by atoms with Crippen LogP contribution in [0.25, 0.3) is 10.8 Å². The van der Waals surface area contributed by atoms with E-state index in [1.807, 2.05) is 42.5 Å². The van der Waals surface area contributed by atoms with Gasteiger partial charge in [0.2, 0.25) is 9.70 Å².